The van der Waals surface area contributed by atoms with Gasteiger partial charge >= 0.3 is 5.97 Å². The minimum atomic E-state index is -1.34. The molecule has 4 rings (SSSR count). The van der Waals surface area contributed by atoms with Crippen LogP contribution in [-0.2, 0) is 9.59 Å². The van der Waals surface area contributed by atoms with Gasteiger partial charge < -0.3 is 26.2 Å². The maximum Gasteiger partial charge on any atom is 0.339 e. The summed E-state index contributed by atoms with van der Waals surface area (Å²) in [6.45, 7) is 1.80. The Bertz CT molecular complexity index is 1830. The zero-order valence-corrected chi connectivity index (χ0v) is 25.1. The first-order valence-corrected chi connectivity index (χ1v) is 14.7. The van der Waals surface area contributed by atoms with Gasteiger partial charge in [0.25, 0.3) is 17.5 Å². The van der Waals surface area contributed by atoms with Gasteiger partial charge in [0.1, 0.15) is 17.0 Å². The van der Waals surface area contributed by atoms with Crippen LogP contribution in [0.3, 0.4) is 0 Å². The fraction of sp³-hybridized carbons (Fsp3) is 0.0909. The van der Waals surface area contributed by atoms with Gasteiger partial charge in [-0.1, -0.05) is 43.3 Å². The van der Waals surface area contributed by atoms with Crippen LogP contribution in [0.1, 0.15) is 39.6 Å². The van der Waals surface area contributed by atoms with Crippen molar-refractivity contribution in [2.75, 3.05) is 10.6 Å². The third-order valence-electron chi connectivity index (χ3n) is 6.49. The number of nitro benzene ring substituents is 1. The van der Waals surface area contributed by atoms with E-state index in [1.807, 2.05) is 0 Å². The first-order valence-electron chi connectivity index (χ1n) is 13.8. The normalized spacial score (nSPS) is 11.6. The zero-order chi connectivity index (χ0) is 33.2. The molecule has 0 aromatic heterocycles. The van der Waals surface area contributed by atoms with Crippen molar-refractivity contribution >= 4 is 58.6 Å². The first-order chi connectivity index (χ1) is 22.0. The van der Waals surface area contributed by atoms with E-state index in [2.05, 4.69) is 16.0 Å². The Morgan fingerprint density at radius 2 is 1.59 bits per heavy atom. The minimum Gasteiger partial charge on any atom is -0.507 e. The summed E-state index contributed by atoms with van der Waals surface area (Å²) in [5.41, 5.74) is 0.0798. The molecule has 234 valence electrons. The fourth-order valence-corrected chi connectivity index (χ4v) is 5.23. The number of thioether (sulfide) groups is 1. The predicted octanol–water partition coefficient (Wildman–Crippen LogP) is 5.92. The highest BCUT2D eigenvalue weighted by Gasteiger charge is 2.21. The lowest BCUT2D eigenvalue weighted by Crippen LogP contribution is -2.30. The maximum atomic E-state index is 13.5. The number of nitrogens with one attached hydrogen (secondary N) is 3. The summed E-state index contributed by atoms with van der Waals surface area (Å²) >= 11 is 1.21. The summed E-state index contributed by atoms with van der Waals surface area (Å²) in [5.74, 6) is -3.50. The number of carbonyl (C=O) groups is 4. The summed E-state index contributed by atoms with van der Waals surface area (Å²) in [7, 11) is 0. The monoisotopic (exact) mass is 640 g/mol. The summed E-state index contributed by atoms with van der Waals surface area (Å²) in [6.07, 6.45) is 1.63. The molecule has 4 aromatic carbocycles. The maximum absolute atomic E-state index is 13.5. The van der Waals surface area contributed by atoms with Crippen LogP contribution in [0.5, 0.6) is 5.75 Å². The minimum absolute atomic E-state index is 0.108. The molecule has 0 heterocycles. The van der Waals surface area contributed by atoms with E-state index >= 15 is 0 Å². The molecule has 3 amide bonds. The molecule has 0 saturated heterocycles. The Labute approximate surface area is 267 Å². The molecule has 0 fully saturated rings. The molecule has 0 radical (unpaired) electrons. The molecule has 0 aliphatic carbocycles. The summed E-state index contributed by atoms with van der Waals surface area (Å²) in [4.78, 5) is 62.4. The highest BCUT2D eigenvalue weighted by atomic mass is 32.2. The summed E-state index contributed by atoms with van der Waals surface area (Å²) in [5, 5.41) is 37.9. The van der Waals surface area contributed by atoms with Gasteiger partial charge in [0.15, 0.2) is 0 Å². The molecule has 1 atom stereocenters. The van der Waals surface area contributed by atoms with Crippen LogP contribution in [-0.4, -0.2) is 44.1 Å². The Kier molecular flexibility index (Phi) is 10.9. The fourth-order valence-electron chi connectivity index (χ4n) is 4.21. The number of carboxylic acid groups (broad SMARTS) is 1. The molecule has 0 aliphatic rings. The highest BCUT2D eigenvalue weighted by molar-refractivity contribution is 8.00. The second-order valence-electron chi connectivity index (χ2n) is 9.72. The average Bonchev–Trinajstić information content (AvgIpc) is 3.04. The van der Waals surface area contributed by atoms with E-state index < -0.39 is 39.6 Å². The number of carbonyl (C=O) groups excluding carboxylic acids is 3. The molecule has 12 nitrogen and oxygen atoms in total. The van der Waals surface area contributed by atoms with Crippen LogP contribution < -0.4 is 16.0 Å². The second-order valence-corrected chi connectivity index (χ2v) is 11.0. The lowest BCUT2D eigenvalue weighted by atomic mass is 10.1. The number of nitrogens with zero attached hydrogens (tertiary/aromatic N) is 1. The summed E-state index contributed by atoms with van der Waals surface area (Å²) in [6, 6.07) is 24.3. The number of aromatic hydroxyl groups is 1. The number of aromatic carboxylic acids is 1. The van der Waals surface area contributed by atoms with Crippen molar-refractivity contribution in [2.45, 2.75) is 23.5 Å². The van der Waals surface area contributed by atoms with Crippen LogP contribution in [0, 0.1) is 10.1 Å². The number of benzene rings is 4. The van der Waals surface area contributed by atoms with E-state index in [0.29, 0.717) is 17.0 Å². The van der Waals surface area contributed by atoms with Gasteiger partial charge in [-0.3, -0.25) is 24.5 Å². The van der Waals surface area contributed by atoms with E-state index in [9.17, 15) is 39.5 Å². The molecule has 0 bridgehead atoms. The lowest BCUT2D eigenvalue weighted by Gasteiger charge is -2.16. The van der Waals surface area contributed by atoms with Crippen molar-refractivity contribution in [1.82, 2.24) is 5.32 Å². The molecule has 0 saturated carbocycles. The number of amides is 3. The molecule has 46 heavy (non-hydrogen) atoms. The number of para-hydroxylation sites is 1. The number of anilines is 2. The van der Waals surface area contributed by atoms with Gasteiger partial charge in [-0.25, -0.2) is 4.79 Å². The van der Waals surface area contributed by atoms with E-state index in [4.69, 9.17) is 0 Å². The molecule has 1 unspecified atom stereocenters. The van der Waals surface area contributed by atoms with Crippen molar-refractivity contribution in [3.8, 4) is 5.75 Å². The van der Waals surface area contributed by atoms with E-state index in [1.54, 1.807) is 67.6 Å². The molecular formula is C33H28N4O8S. The number of hydrogen-bond donors (Lipinski definition) is 5. The van der Waals surface area contributed by atoms with Gasteiger partial charge in [-0.15, -0.1) is 11.8 Å². The first kappa shape index (κ1) is 33.0. The lowest BCUT2D eigenvalue weighted by molar-refractivity contribution is -0.385. The van der Waals surface area contributed by atoms with Crippen LogP contribution in [0.15, 0.2) is 108 Å². The van der Waals surface area contributed by atoms with Crippen LogP contribution >= 0.6 is 11.8 Å². The Balaban J connectivity index is 1.54. The van der Waals surface area contributed by atoms with Gasteiger partial charge in [-0.05, 0) is 67.1 Å². The largest absolute Gasteiger partial charge is 0.507 e. The van der Waals surface area contributed by atoms with Crippen LogP contribution in [0.4, 0.5) is 17.1 Å². The van der Waals surface area contributed by atoms with E-state index in [1.165, 1.54) is 48.2 Å². The number of nitro groups is 1. The van der Waals surface area contributed by atoms with E-state index in [-0.39, 0.29) is 33.8 Å². The molecule has 13 heteroatoms. The van der Waals surface area contributed by atoms with Gasteiger partial charge in [0, 0.05) is 27.9 Å². The molecule has 4 aromatic rings. The van der Waals surface area contributed by atoms with Gasteiger partial charge in [-0.2, -0.15) is 0 Å². The Morgan fingerprint density at radius 3 is 2.28 bits per heavy atom. The quantitative estimate of drug-likeness (QED) is 0.0412. The topological polar surface area (TPSA) is 188 Å². The number of rotatable bonds is 12. The van der Waals surface area contributed by atoms with Crippen molar-refractivity contribution in [3.05, 3.63) is 130 Å². The van der Waals surface area contributed by atoms with Crippen molar-refractivity contribution < 1.29 is 34.3 Å². The second kappa shape index (κ2) is 15.2. The predicted molar refractivity (Wildman–Crippen MR) is 174 cm³/mol. The van der Waals surface area contributed by atoms with Crippen LogP contribution in [0.25, 0.3) is 6.08 Å². The summed E-state index contributed by atoms with van der Waals surface area (Å²) < 4.78 is 0. The molecule has 0 aliphatic heterocycles. The smallest absolute Gasteiger partial charge is 0.339 e. The van der Waals surface area contributed by atoms with Gasteiger partial charge in [0.05, 0.1) is 15.7 Å². The molecule has 5 N–H and O–H groups in total. The Morgan fingerprint density at radius 1 is 0.891 bits per heavy atom. The number of carboxylic acids is 1. The van der Waals surface area contributed by atoms with Crippen molar-refractivity contribution in [1.29, 1.82) is 0 Å². The molecule has 0 spiro atoms. The molecular weight excluding hydrogens is 612 g/mol. The van der Waals surface area contributed by atoms with E-state index in [0.717, 1.165) is 6.07 Å². The zero-order valence-electron chi connectivity index (χ0n) is 24.3. The number of hydrogen-bond acceptors (Lipinski definition) is 8. The van der Waals surface area contributed by atoms with Crippen molar-refractivity contribution in [2.24, 2.45) is 0 Å². The van der Waals surface area contributed by atoms with Gasteiger partial charge in [0.2, 0.25) is 5.91 Å². The average molecular weight is 641 g/mol. The third-order valence-corrected chi connectivity index (χ3v) is 7.85. The Hall–Kier alpha value is -5.95. The third kappa shape index (κ3) is 8.57. The highest BCUT2D eigenvalue weighted by Crippen LogP contribution is 2.30. The van der Waals surface area contributed by atoms with Crippen molar-refractivity contribution in [3.63, 3.8) is 0 Å². The standard InChI is InChI=1S/C33H28N4O8S/c1-2-29(32(41)35-23-15-16-28(38)25(19-23)33(42)43)46-24-13-8-12-22(18-24)34-31(40)26(36-30(39)20-9-4-3-5-10-20)17-21-11-6-7-14-27(21)37(44)45/h3-19,29,38H,2H2,1H3,(H,34,40)(H,35,41)(H,36,39)(H,42,43)/b26-17+. The SMILES string of the molecule is CCC(Sc1cccc(NC(=O)/C(=C\c2ccccc2[N+](=O)[O-])NC(=O)c2ccccc2)c1)C(=O)Nc1ccc(O)c(C(=O)O)c1. The number of phenols is 1. The van der Waals surface area contributed by atoms with Crippen LogP contribution in [0.2, 0.25) is 0 Å².